The molecule has 1 saturated carbocycles. The Hall–Kier alpha value is -2.11. The Labute approximate surface area is 104 Å². The molecule has 0 aromatic heterocycles. The van der Waals surface area contributed by atoms with Crippen LogP contribution in [0.5, 0.6) is 0 Å². The van der Waals surface area contributed by atoms with Gasteiger partial charge in [0.15, 0.2) is 0 Å². The molecule has 0 spiro atoms. The first kappa shape index (κ1) is 12.3. The zero-order valence-electron chi connectivity index (χ0n) is 9.70. The Kier molecular flexibility index (Phi) is 3.76. The molecule has 1 fully saturated rings. The third-order valence-corrected chi connectivity index (χ3v) is 2.43. The molecule has 1 aromatic rings. The maximum atomic E-state index is 12.8. The number of amides is 3. The lowest BCUT2D eigenvalue weighted by Gasteiger charge is -2.07. The molecule has 2 rings (SSSR count). The van der Waals surface area contributed by atoms with Crippen LogP contribution >= 0.6 is 0 Å². The van der Waals surface area contributed by atoms with Crippen LogP contribution in [0.15, 0.2) is 24.3 Å². The second-order valence-corrected chi connectivity index (χ2v) is 4.16. The average molecular weight is 251 g/mol. The van der Waals surface area contributed by atoms with Gasteiger partial charge in [0.25, 0.3) is 0 Å². The normalized spacial score (nSPS) is 13.8. The van der Waals surface area contributed by atoms with Crippen molar-refractivity contribution in [2.24, 2.45) is 0 Å². The molecule has 1 aromatic carbocycles. The molecule has 0 heterocycles. The molecular weight excluding hydrogens is 237 g/mol. The lowest BCUT2D eigenvalue weighted by molar-refractivity contribution is -0.120. The standard InChI is InChI=1S/C12H14FN3O2/c13-8-2-1-3-10(6-8)16-12(18)14-7-11(17)15-9-4-5-9/h1-3,6,9H,4-5,7H2,(H,15,17)(H2,14,16,18). The quantitative estimate of drug-likeness (QED) is 0.753. The Morgan fingerprint density at radius 2 is 2.11 bits per heavy atom. The van der Waals surface area contributed by atoms with Crippen LogP contribution in [0.4, 0.5) is 14.9 Å². The van der Waals surface area contributed by atoms with E-state index in [1.54, 1.807) is 6.07 Å². The van der Waals surface area contributed by atoms with E-state index in [1.165, 1.54) is 18.2 Å². The Balaban J connectivity index is 1.72. The highest BCUT2D eigenvalue weighted by atomic mass is 19.1. The monoisotopic (exact) mass is 251 g/mol. The van der Waals surface area contributed by atoms with Crippen LogP contribution in [0.25, 0.3) is 0 Å². The number of halogens is 1. The van der Waals surface area contributed by atoms with Crippen LogP contribution in [0.1, 0.15) is 12.8 Å². The average Bonchev–Trinajstić information content (AvgIpc) is 3.10. The van der Waals surface area contributed by atoms with Crippen molar-refractivity contribution in [3.8, 4) is 0 Å². The zero-order valence-corrected chi connectivity index (χ0v) is 9.70. The van der Waals surface area contributed by atoms with E-state index in [0.717, 1.165) is 12.8 Å². The number of urea groups is 1. The van der Waals surface area contributed by atoms with Crippen molar-refractivity contribution >= 4 is 17.6 Å². The molecule has 18 heavy (non-hydrogen) atoms. The zero-order chi connectivity index (χ0) is 13.0. The number of rotatable bonds is 4. The van der Waals surface area contributed by atoms with E-state index >= 15 is 0 Å². The van der Waals surface area contributed by atoms with E-state index in [0.29, 0.717) is 5.69 Å². The van der Waals surface area contributed by atoms with Crippen molar-refractivity contribution in [1.29, 1.82) is 0 Å². The third-order valence-electron chi connectivity index (χ3n) is 2.43. The first-order chi connectivity index (χ1) is 8.63. The van der Waals surface area contributed by atoms with Crippen LogP contribution < -0.4 is 16.0 Å². The van der Waals surface area contributed by atoms with Crippen LogP contribution in [-0.4, -0.2) is 24.5 Å². The number of nitrogens with one attached hydrogen (secondary N) is 3. The summed E-state index contributed by atoms with van der Waals surface area (Å²) in [6.45, 7) is -0.0857. The summed E-state index contributed by atoms with van der Waals surface area (Å²) >= 11 is 0. The van der Waals surface area contributed by atoms with Crippen molar-refractivity contribution in [2.75, 3.05) is 11.9 Å². The Morgan fingerprint density at radius 1 is 1.33 bits per heavy atom. The molecule has 6 heteroatoms. The van der Waals surface area contributed by atoms with Crippen molar-refractivity contribution in [3.05, 3.63) is 30.1 Å². The van der Waals surface area contributed by atoms with E-state index in [9.17, 15) is 14.0 Å². The summed E-state index contributed by atoms with van der Waals surface area (Å²) in [5, 5.41) is 7.58. The van der Waals surface area contributed by atoms with Gasteiger partial charge in [-0.05, 0) is 31.0 Å². The smallest absolute Gasteiger partial charge is 0.319 e. The van der Waals surface area contributed by atoms with Gasteiger partial charge in [0.2, 0.25) is 5.91 Å². The van der Waals surface area contributed by atoms with Crippen molar-refractivity contribution in [2.45, 2.75) is 18.9 Å². The summed E-state index contributed by atoms with van der Waals surface area (Å²) in [5.41, 5.74) is 0.343. The fourth-order valence-electron chi connectivity index (χ4n) is 1.41. The Morgan fingerprint density at radius 3 is 2.78 bits per heavy atom. The molecule has 1 aliphatic rings. The number of anilines is 1. The number of hydrogen-bond acceptors (Lipinski definition) is 2. The largest absolute Gasteiger partial charge is 0.352 e. The fourth-order valence-corrected chi connectivity index (χ4v) is 1.41. The highest BCUT2D eigenvalue weighted by molar-refractivity contribution is 5.92. The van der Waals surface area contributed by atoms with Gasteiger partial charge in [-0.1, -0.05) is 6.07 Å². The summed E-state index contributed by atoms with van der Waals surface area (Å²) in [6, 6.07) is 5.27. The number of hydrogen-bond donors (Lipinski definition) is 3. The lowest BCUT2D eigenvalue weighted by atomic mass is 10.3. The van der Waals surface area contributed by atoms with Gasteiger partial charge in [-0.2, -0.15) is 0 Å². The minimum Gasteiger partial charge on any atom is -0.352 e. The van der Waals surface area contributed by atoms with Crippen LogP contribution in [0, 0.1) is 5.82 Å². The first-order valence-corrected chi connectivity index (χ1v) is 5.73. The van der Waals surface area contributed by atoms with Gasteiger partial charge in [-0.25, -0.2) is 9.18 Å². The molecule has 0 atom stereocenters. The molecule has 5 nitrogen and oxygen atoms in total. The first-order valence-electron chi connectivity index (χ1n) is 5.73. The molecule has 0 unspecified atom stereocenters. The van der Waals surface area contributed by atoms with E-state index < -0.39 is 11.8 Å². The number of benzene rings is 1. The fraction of sp³-hybridized carbons (Fsp3) is 0.333. The van der Waals surface area contributed by atoms with Gasteiger partial charge in [0.1, 0.15) is 5.82 Å². The summed E-state index contributed by atoms with van der Waals surface area (Å²) in [7, 11) is 0. The summed E-state index contributed by atoms with van der Waals surface area (Å²) in [4.78, 5) is 22.7. The minimum absolute atomic E-state index is 0.0857. The van der Waals surface area contributed by atoms with Crippen LogP contribution in [-0.2, 0) is 4.79 Å². The van der Waals surface area contributed by atoms with Crippen LogP contribution in [0.2, 0.25) is 0 Å². The van der Waals surface area contributed by atoms with Gasteiger partial charge in [-0.3, -0.25) is 4.79 Å². The molecule has 0 aliphatic heterocycles. The van der Waals surface area contributed by atoms with Gasteiger partial charge in [0.05, 0.1) is 6.54 Å². The lowest BCUT2D eigenvalue weighted by Crippen LogP contribution is -2.39. The van der Waals surface area contributed by atoms with Gasteiger partial charge in [0, 0.05) is 11.7 Å². The molecule has 3 N–H and O–H groups in total. The second-order valence-electron chi connectivity index (χ2n) is 4.16. The second kappa shape index (κ2) is 5.48. The van der Waals surface area contributed by atoms with Crippen molar-refractivity contribution < 1.29 is 14.0 Å². The van der Waals surface area contributed by atoms with E-state index in [4.69, 9.17) is 0 Å². The maximum Gasteiger partial charge on any atom is 0.319 e. The molecule has 96 valence electrons. The predicted octanol–water partition coefficient (Wildman–Crippen LogP) is 1.23. The summed E-state index contributed by atoms with van der Waals surface area (Å²) in [5.74, 6) is -0.647. The number of carbonyl (C=O) groups excluding carboxylic acids is 2. The third kappa shape index (κ3) is 4.04. The minimum atomic E-state index is -0.536. The SMILES string of the molecule is O=C(CNC(=O)Nc1cccc(F)c1)NC1CC1. The van der Waals surface area contributed by atoms with Gasteiger partial charge < -0.3 is 16.0 Å². The Bertz CT molecular complexity index is 460. The topological polar surface area (TPSA) is 70.2 Å². The highest BCUT2D eigenvalue weighted by Gasteiger charge is 2.23. The molecule has 0 bridgehead atoms. The predicted molar refractivity (Wildman–Crippen MR) is 64.6 cm³/mol. The maximum absolute atomic E-state index is 12.8. The molecule has 1 aliphatic carbocycles. The van der Waals surface area contributed by atoms with Gasteiger partial charge >= 0.3 is 6.03 Å². The molecule has 3 amide bonds. The van der Waals surface area contributed by atoms with E-state index in [2.05, 4.69) is 16.0 Å². The number of carbonyl (C=O) groups is 2. The van der Waals surface area contributed by atoms with Gasteiger partial charge in [-0.15, -0.1) is 0 Å². The molecular formula is C12H14FN3O2. The molecule has 0 radical (unpaired) electrons. The van der Waals surface area contributed by atoms with E-state index in [1.807, 2.05) is 0 Å². The summed E-state index contributed by atoms with van der Waals surface area (Å²) < 4.78 is 12.8. The van der Waals surface area contributed by atoms with Crippen LogP contribution in [0.3, 0.4) is 0 Å². The van der Waals surface area contributed by atoms with Crippen molar-refractivity contribution in [1.82, 2.24) is 10.6 Å². The van der Waals surface area contributed by atoms with Crippen molar-refractivity contribution in [3.63, 3.8) is 0 Å². The van der Waals surface area contributed by atoms with E-state index in [-0.39, 0.29) is 18.5 Å². The molecule has 0 saturated heterocycles. The highest BCUT2D eigenvalue weighted by Crippen LogP contribution is 2.18. The summed E-state index contributed by atoms with van der Waals surface area (Å²) in [6.07, 6.45) is 2.00.